The number of ether oxygens (including phenoxy) is 2. The molecule has 0 aliphatic carbocycles. The van der Waals surface area contributed by atoms with E-state index < -0.39 is 0 Å². The smallest absolute Gasteiger partial charge is 0.161 e. The Hall–Kier alpha value is -1.26. The zero-order chi connectivity index (χ0) is 14.1. The molecule has 2 aliphatic rings. The van der Waals surface area contributed by atoms with Crippen LogP contribution < -0.4 is 15.2 Å². The van der Waals surface area contributed by atoms with Gasteiger partial charge in [-0.2, -0.15) is 0 Å². The average Bonchev–Trinajstić information content (AvgIpc) is 2.76. The maximum atomic E-state index is 6.38. The molecule has 1 aromatic carbocycles. The van der Waals surface area contributed by atoms with Crippen molar-refractivity contribution in [3.63, 3.8) is 0 Å². The number of likely N-dealkylation sites (tertiary alicyclic amines) is 1. The lowest BCUT2D eigenvalue weighted by Gasteiger charge is -2.26. The molecule has 20 heavy (non-hydrogen) atoms. The van der Waals surface area contributed by atoms with Gasteiger partial charge in [-0.15, -0.1) is 0 Å². The topological polar surface area (TPSA) is 47.7 Å². The molecular formula is C16H24N2O2. The number of benzene rings is 1. The summed E-state index contributed by atoms with van der Waals surface area (Å²) in [4.78, 5) is 2.49. The summed E-state index contributed by atoms with van der Waals surface area (Å²) in [6, 6.07) is 6.72. The minimum Gasteiger partial charge on any atom is -0.486 e. The first-order chi connectivity index (χ1) is 9.63. The lowest BCUT2D eigenvalue weighted by molar-refractivity contribution is 0.171. The molecule has 0 amide bonds. The summed E-state index contributed by atoms with van der Waals surface area (Å²) in [5, 5.41) is 0. The number of hydrogen-bond donors (Lipinski definition) is 1. The van der Waals surface area contributed by atoms with Gasteiger partial charge in [0, 0.05) is 25.2 Å². The van der Waals surface area contributed by atoms with Crippen molar-refractivity contribution in [2.24, 2.45) is 11.7 Å². The van der Waals surface area contributed by atoms with Crippen LogP contribution in [0.1, 0.15) is 31.9 Å². The number of hydrogen-bond acceptors (Lipinski definition) is 4. The highest BCUT2D eigenvalue weighted by Crippen LogP contribution is 2.33. The van der Waals surface area contributed by atoms with E-state index in [0.717, 1.165) is 36.1 Å². The van der Waals surface area contributed by atoms with E-state index in [1.165, 1.54) is 6.42 Å². The van der Waals surface area contributed by atoms with E-state index >= 15 is 0 Å². The summed E-state index contributed by atoms with van der Waals surface area (Å²) in [6.45, 7) is 7.91. The molecule has 4 nitrogen and oxygen atoms in total. The molecule has 0 aromatic heterocycles. The van der Waals surface area contributed by atoms with Gasteiger partial charge in [0.2, 0.25) is 0 Å². The second kappa shape index (κ2) is 5.62. The number of rotatable bonds is 3. The van der Waals surface area contributed by atoms with Crippen LogP contribution in [0.15, 0.2) is 18.2 Å². The van der Waals surface area contributed by atoms with E-state index in [4.69, 9.17) is 15.2 Å². The molecule has 1 aromatic rings. The standard InChI is InChI=1S/C16H24N2O2/c1-11-7-12(2)18(9-11)10-14(17)13-3-4-15-16(8-13)20-6-5-19-15/h3-4,8,11-12,14H,5-7,9-10,17H2,1-2H3. The van der Waals surface area contributed by atoms with Crippen LogP contribution in [0.5, 0.6) is 11.5 Å². The Morgan fingerprint density at radius 1 is 1.25 bits per heavy atom. The summed E-state index contributed by atoms with van der Waals surface area (Å²) >= 11 is 0. The highest BCUT2D eigenvalue weighted by molar-refractivity contribution is 5.44. The SMILES string of the molecule is CC1CC(C)N(CC(N)c2ccc3c(c2)OCCO3)C1. The number of nitrogens with two attached hydrogens (primary N) is 1. The first kappa shape index (κ1) is 13.7. The fourth-order valence-corrected chi connectivity index (χ4v) is 3.29. The molecule has 0 radical (unpaired) electrons. The predicted octanol–water partition coefficient (Wildman–Crippen LogP) is 2.19. The molecule has 1 fully saturated rings. The van der Waals surface area contributed by atoms with Crippen LogP contribution in [0.3, 0.4) is 0 Å². The van der Waals surface area contributed by atoms with Crippen LogP contribution >= 0.6 is 0 Å². The summed E-state index contributed by atoms with van der Waals surface area (Å²) in [5.41, 5.74) is 7.50. The van der Waals surface area contributed by atoms with Crippen molar-refractivity contribution in [3.8, 4) is 11.5 Å². The van der Waals surface area contributed by atoms with Gasteiger partial charge in [-0.1, -0.05) is 13.0 Å². The second-order valence-electron chi connectivity index (χ2n) is 6.15. The zero-order valence-corrected chi connectivity index (χ0v) is 12.3. The molecule has 2 N–H and O–H groups in total. The van der Waals surface area contributed by atoms with Gasteiger partial charge >= 0.3 is 0 Å². The Kier molecular flexibility index (Phi) is 3.85. The van der Waals surface area contributed by atoms with Gasteiger partial charge in [0.15, 0.2) is 11.5 Å². The molecule has 110 valence electrons. The Morgan fingerprint density at radius 2 is 2.00 bits per heavy atom. The highest BCUT2D eigenvalue weighted by atomic mass is 16.6. The lowest BCUT2D eigenvalue weighted by Crippen LogP contribution is -2.34. The van der Waals surface area contributed by atoms with E-state index in [1.807, 2.05) is 12.1 Å². The second-order valence-corrected chi connectivity index (χ2v) is 6.15. The quantitative estimate of drug-likeness (QED) is 0.919. The normalized spacial score (nSPS) is 27.6. The van der Waals surface area contributed by atoms with E-state index in [2.05, 4.69) is 24.8 Å². The van der Waals surface area contributed by atoms with Crippen LogP contribution in [0.2, 0.25) is 0 Å². The third-order valence-corrected chi connectivity index (χ3v) is 4.34. The summed E-state index contributed by atoms with van der Waals surface area (Å²) in [5.74, 6) is 2.43. The largest absolute Gasteiger partial charge is 0.486 e. The predicted molar refractivity (Wildman–Crippen MR) is 79.2 cm³/mol. The molecule has 0 spiro atoms. The lowest BCUT2D eigenvalue weighted by atomic mass is 10.1. The van der Waals surface area contributed by atoms with Gasteiger partial charge < -0.3 is 15.2 Å². The third kappa shape index (κ3) is 2.76. The van der Waals surface area contributed by atoms with Crippen molar-refractivity contribution >= 4 is 0 Å². The fraction of sp³-hybridized carbons (Fsp3) is 0.625. The minimum absolute atomic E-state index is 0.0265. The summed E-state index contributed by atoms with van der Waals surface area (Å²) in [7, 11) is 0. The molecule has 2 heterocycles. The third-order valence-electron chi connectivity index (χ3n) is 4.34. The van der Waals surface area contributed by atoms with Crippen LogP contribution in [0, 0.1) is 5.92 Å². The Morgan fingerprint density at radius 3 is 2.70 bits per heavy atom. The maximum Gasteiger partial charge on any atom is 0.161 e. The average molecular weight is 276 g/mol. The number of fused-ring (bicyclic) bond motifs is 1. The zero-order valence-electron chi connectivity index (χ0n) is 12.3. The van der Waals surface area contributed by atoms with Gasteiger partial charge in [0.1, 0.15) is 13.2 Å². The molecule has 2 aliphatic heterocycles. The first-order valence-electron chi connectivity index (χ1n) is 7.52. The van der Waals surface area contributed by atoms with Gasteiger partial charge in [-0.05, 0) is 37.0 Å². The van der Waals surface area contributed by atoms with Crippen LogP contribution in [0.4, 0.5) is 0 Å². The fourth-order valence-electron chi connectivity index (χ4n) is 3.29. The van der Waals surface area contributed by atoms with Crippen molar-refractivity contribution in [1.82, 2.24) is 4.90 Å². The van der Waals surface area contributed by atoms with Crippen molar-refractivity contribution in [1.29, 1.82) is 0 Å². The van der Waals surface area contributed by atoms with Crippen molar-refractivity contribution in [2.75, 3.05) is 26.3 Å². The molecule has 3 rings (SSSR count). The molecular weight excluding hydrogens is 252 g/mol. The molecule has 4 heteroatoms. The van der Waals surface area contributed by atoms with E-state index in [1.54, 1.807) is 0 Å². The Balaban J connectivity index is 1.69. The van der Waals surface area contributed by atoms with Gasteiger partial charge in [-0.3, -0.25) is 4.90 Å². The summed E-state index contributed by atoms with van der Waals surface area (Å²) in [6.07, 6.45) is 1.27. The molecule has 3 unspecified atom stereocenters. The maximum absolute atomic E-state index is 6.38. The van der Waals surface area contributed by atoms with E-state index in [0.29, 0.717) is 19.3 Å². The summed E-state index contributed by atoms with van der Waals surface area (Å²) < 4.78 is 11.2. The number of nitrogens with zero attached hydrogens (tertiary/aromatic N) is 1. The van der Waals surface area contributed by atoms with Gasteiger partial charge in [0.25, 0.3) is 0 Å². The van der Waals surface area contributed by atoms with Crippen LogP contribution in [-0.2, 0) is 0 Å². The minimum atomic E-state index is 0.0265. The Labute approximate surface area is 120 Å². The van der Waals surface area contributed by atoms with Crippen molar-refractivity contribution in [3.05, 3.63) is 23.8 Å². The van der Waals surface area contributed by atoms with E-state index in [9.17, 15) is 0 Å². The molecule has 0 bridgehead atoms. The van der Waals surface area contributed by atoms with Crippen molar-refractivity contribution in [2.45, 2.75) is 32.4 Å². The van der Waals surface area contributed by atoms with Crippen LogP contribution in [-0.4, -0.2) is 37.2 Å². The molecule has 0 saturated carbocycles. The molecule has 3 atom stereocenters. The van der Waals surface area contributed by atoms with Crippen LogP contribution in [0.25, 0.3) is 0 Å². The first-order valence-corrected chi connectivity index (χ1v) is 7.52. The van der Waals surface area contributed by atoms with Gasteiger partial charge in [-0.25, -0.2) is 0 Å². The van der Waals surface area contributed by atoms with E-state index in [-0.39, 0.29) is 6.04 Å². The van der Waals surface area contributed by atoms with Gasteiger partial charge in [0.05, 0.1) is 0 Å². The highest BCUT2D eigenvalue weighted by Gasteiger charge is 2.27. The van der Waals surface area contributed by atoms with Crippen molar-refractivity contribution < 1.29 is 9.47 Å². The Bertz CT molecular complexity index is 478. The monoisotopic (exact) mass is 276 g/mol. The molecule has 1 saturated heterocycles.